The molecule has 2 N–H and O–H groups in total. The highest BCUT2D eigenvalue weighted by Gasteiger charge is 2.24. The van der Waals surface area contributed by atoms with E-state index in [1.54, 1.807) is 24.3 Å². The maximum Gasteiger partial charge on any atom is 0.271 e. The molecule has 2 rings (SSSR count). The molecule has 21 heavy (non-hydrogen) atoms. The third kappa shape index (κ3) is 4.70. The highest BCUT2D eigenvalue weighted by molar-refractivity contribution is 5.96. The summed E-state index contributed by atoms with van der Waals surface area (Å²) in [6.45, 7) is 3.89. The first kappa shape index (κ1) is 15.2. The van der Waals surface area contributed by atoms with Crippen LogP contribution in [0.1, 0.15) is 49.9 Å². The summed E-state index contributed by atoms with van der Waals surface area (Å²) in [6.07, 6.45) is 3.64. The molecule has 0 aliphatic heterocycles. The molecule has 0 unspecified atom stereocenters. The van der Waals surface area contributed by atoms with Crippen LogP contribution >= 0.6 is 0 Å². The van der Waals surface area contributed by atoms with Gasteiger partial charge in [-0.2, -0.15) is 5.10 Å². The van der Waals surface area contributed by atoms with Gasteiger partial charge in [0, 0.05) is 23.4 Å². The summed E-state index contributed by atoms with van der Waals surface area (Å²) in [7, 11) is 0. The van der Waals surface area contributed by atoms with Gasteiger partial charge in [-0.05, 0) is 56.4 Å². The van der Waals surface area contributed by atoms with Gasteiger partial charge in [0.15, 0.2) is 0 Å². The summed E-state index contributed by atoms with van der Waals surface area (Å²) in [6, 6.07) is 6.80. The topological polar surface area (TPSA) is 70.6 Å². The second-order valence-corrected chi connectivity index (χ2v) is 5.34. The average molecular weight is 287 g/mol. The van der Waals surface area contributed by atoms with Gasteiger partial charge < -0.3 is 5.32 Å². The number of amides is 2. The first-order valence-corrected chi connectivity index (χ1v) is 7.34. The van der Waals surface area contributed by atoms with Crippen molar-refractivity contribution in [1.82, 2.24) is 5.43 Å². The van der Waals surface area contributed by atoms with Crippen LogP contribution in [0.3, 0.4) is 0 Å². The molecular weight excluding hydrogens is 266 g/mol. The van der Waals surface area contributed by atoms with E-state index >= 15 is 0 Å². The molecule has 0 heterocycles. The molecule has 1 fully saturated rings. The molecule has 2 amide bonds. The van der Waals surface area contributed by atoms with E-state index in [1.165, 1.54) is 0 Å². The first-order chi connectivity index (χ1) is 10.1. The van der Waals surface area contributed by atoms with Crippen LogP contribution in [0, 0.1) is 5.92 Å². The largest absolute Gasteiger partial charge is 0.326 e. The van der Waals surface area contributed by atoms with Gasteiger partial charge in [0.05, 0.1) is 0 Å². The van der Waals surface area contributed by atoms with Crippen LogP contribution in [-0.4, -0.2) is 17.5 Å². The lowest BCUT2D eigenvalue weighted by atomic mass is 10.2. The van der Waals surface area contributed by atoms with E-state index in [0.29, 0.717) is 23.6 Å². The smallest absolute Gasteiger partial charge is 0.271 e. The molecule has 0 radical (unpaired) electrons. The van der Waals surface area contributed by atoms with Crippen LogP contribution in [-0.2, 0) is 4.79 Å². The van der Waals surface area contributed by atoms with Gasteiger partial charge >= 0.3 is 0 Å². The van der Waals surface area contributed by atoms with Crippen molar-refractivity contribution in [3.8, 4) is 0 Å². The molecule has 0 aromatic heterocycles. The zero-order chi connectivity index (χ0) is 15.2. The summed E-state index contributed by atoms with van der Waals surface area (Å²) in [5.41, 5.74) is 4.76. The molecule has 112 valence electrons. The number of hydrazone groups is 1. The molecule has 0 bridgehead atoms. The summed E-state index contributed by atoms with van der Waals surface area (Å²) < 4.78 is 0. The van der Waals surface area contributed by atoms with E-state index in [0.717, 1.165) is 25.0 Å². The van der Waals surface area contributed by atoms with Crippen LogP contribution in [0.25, 0.3) is 0 Å². The monoisotopic (exact) mass is 287 g/mol. The number of anilines is 1. The van der Waals surface area contributed by atoms with Crippen LogP contribution in [0.4, 0.5) is 5.69 Å². The maximum atomic E-state index is 11.9. The summed E-state index contributed by atoms with van der Waals surface area (Å²) in [5.74, 6) is 0.294. The molecule has 1 aromatic carbocycles. The maximum absolute atomic E-state index is 11.9. The SMILES string of the molecule is CCCC(=O)Nc1ccc(C(=O)N/N=C(\C)C2CC2)cc1. The van der Waals surface area contributed by atoms with Crippen molar-refractivity contribution >= 4 is 23.2 Å². The Morgan fingerprint density at radius 3 is 2.48 bits per heavy atom. The van der Waals surface area contributed by atoms with Crippen molar-refractivity contribution in [2.45, 2.75) is 39.5 Å². The number of rotatable bonds is 6. The Morgan fingerprint density at radius 1 is 1.24 bits per heavy atom. The second-order valence-electron chi connectivity index (χ2n) is 5.34. The quantitative estimate of drug-likeness (QED) is 0.624. The Morgan fingerprint density at radius 2 is 1.90 bits per heavy atom. The lowest BCUT2D eigenvalue weighted by Gasteiger charge is -2.06. The molecule has 5 nitrogen and oxygen atoms in total. The molecule has 1 saturated carbocycles. The molecule has 1 aliphatic rings. The average Bonchev–Trinajstić information content (AvgIpc) is 3.30. The van der Waals surface area contributed by atoms with Gasteiger partial charge in [0.25, 0.3) is 5.91 Å². The fourth-order valence-corrected chi connectivity index (χ4v) is 1.95. The predicted octanol–water partition coefficient (Wildman–Crippen LogP) is 2.94. The van der Waals surface area contributed by atoms with Crippen molar-refractivity contribution in [3.05, 3.63) is 29.8 Å². The van der Waals surface area contributed by atoms with Gasteiger partial charge in [-0.15, -0.1) is 0 Å². The predicted molar refractivity (Wildman–Crippen MR) is 83.3 cm³/mol. The fraction of sp³-hybridized carbons (Fsp3) is 0.438. The van der Waals surface area contributed by atoms with Crippen LogP contribution < -0.4 is 10.7 Å². The molecule has 0 saturated heterocycles. The van der Waals surface area contributed by atoms with E-state index in [2.05, 4.69) is 15.8 Å². The third-order valence-corrected chi connectivity index (χ3v) is 3.41. The minimum absolute atomic E-state index is 0.0145. The highest BCUT2D eigenvalue weighted by atomic mass is 16.2. The second kappa shape index (κ2) is 7.02. The number of carbonyl (C=O) groups is 2. The van der Waals surface area contributed by atoms with Crippen molar-refractivity contribution in [1.29, 1.82) is 0 Å². The van der Waals surface area contributed by atoms with E-state index in [-0.39, 0.29) is 11.8 Å². The van der Waals surface area contributed by atoms with Crippen molar-refractivity contribution < 1.29 is 9.59 Å². The van der Waals surface area contributed by atoms with E-state index in [9.17, 15) is 9.59 Å². The van der Waals surface area contributed by atoms with Gasteiger partial charge in [-0.25, -0.2) is 5.43 Å². The molecule has 0 spiro atoms. The number of nitrogens with zero attached hydrogens (tertiary/aromatic N) is 1. The van der Waals surface area contributed by atoms with Crippen LogP contribution in [0.5, 0.6) is 0 Å². The first-order valence-electron chi connectivity index (χ1n) is 7.34. The van der Waals surface area contributed by atoms with Gasteiger partial charge in [0.1, 0.15) is 0 Å². The lowest BCUT2D eigenvalue weighted by molar-refractivity contribution is -0.116. The summed E-state index contributed by atoms with van der Waals surface area (Å²) >= 11 is 0. The fourth-order valence-electron chi connectivity index (χ4n) is 1.95. The van der Waals surface area contributed by atoms with E-state index < -0.39 is 0 Å². The number of benzene rings is 1. The lowest BCUT2D eigenvalue weighted by Crippen LogP contribution is -2.19. The Hall–Kier alpha value is -2.17. The van der Waals surface area contributed by atoms with Gasteiger partial charge in [-0.1, -0.05) is 6.92 Å². The highest BCUT2D eigenvalue weighted by Crippen LogP contribution is 2.30. The van der Waals surface area contributed by atoms with Crippen LogP contribution in [0.2, 0.25) is 0 Å². The van der Waals surface area contributed by atoms with E-state index in [1.807, 2.05) is 13.8 Å². The molecule has 1 aromatic rings. The van der Waals surface area contributed by atoms with Crippen molar-refractivity contribution in [3.63, 3.8) is 0 Å². The van der Waals surface area contributed by atoms with Crippen LogP contribution in [0.15, 0.2) is 29.4 Å². The van der Waals surface area contributed by atoms with Gasteiger partial charge in [0.2, 0.25) is 5.91 Å². The minimum atomic E-state index is -0.235. The standard InChI is InChI=1S/C16H21N3O2/c1-3-4-15(20)17-14-9-7-13(8-10-14)16(21)19-18-11(2)12-5-6-12/h7-10,12H,3-6H2,1-2H3,(H,17,20)(H,19,21)/b18-11+. The Labute approximate surface area is 124 Å². The zero-order valence-corrected chi connectivity index (χ0v) is 12.5. The number of hydrogen-bond donors (Lipinski definition) is 2. The minimum Gasteiger partial charge on any atom is -0.326 e. The van der Waals surface area contributed by atoms with Gasteiger partial charge in [-0.3, -0.25) is 9.59 Å². The van der Waals surface area contributed by atoms with Crippen molar-refractivity contribution in [2.75, 3.05) is 5.32 Å². The number of nitrogens with one attached hydrogen (secondary N) is 2. The molecule has 0 atom stereocenters. The number of carbonyl (C=O) groups excluding carboxylic acids is 2. The molecular formula is C16H21N3O2. The Kier molecular flexibility index (Phi) is 5.09. The normalized spacial score (nSPS) is 14.7. The van der Waals surface area contributed by atoms with Crippen molar-refractivity contribution in [2.24, 2.45) is 11.0 Å². The summed E-state index contributed by atoms with van der Waals surface area (Å²) in [4.78, 5) is 23.4. The third-order valence-electron chi connectivity index (χ3n) is 3.41. The number of hydrogen-bond acceptors (Lipinski definition) is 3. The summed E-state index contributed by atoms with van der Waals surface area (Å²) in [5, 5.41) is 6.89. The Bertz CT molecular complexity index is 545. The Balaban J connectivity index is 1.90. The molecule has 5 heteroatoms. The zero-order valence-electron chi connectivity index (χ0n) is 12.5. The van der Waals surface area contributed by atoms with E-state index in [4.69, 9.17) is 0 Å². The molecule has 1 aliphatic carbocycles.